The van der Waals surface area contributed by atoms with Crippen LogP contribution in [0.2, 0.25) is 5.02 Å². The second kappa shape index (κ2) is 7.35. The normalized spacial score (nSPS) is 10.1. The second-order valence-electron chi connectivity index (χ2n) is 3.87. The number of urea groups is 1. The molecule has 1 aromatic carbocycles. The Morgan fingerprint density at radius 3 is 2.68 bits per heavy atom. The lowest BCUT2D eigenvalue weighted by molar-refractivity contribution is -0.137. The number of nitrogens with zero attached hydrogens (tertiary/aromatic N) is 1. The SMILES string of the molecule is CCCN(CC(=O)O)C(=O)Nc1ccc(Br)c(Cl)c1. The maximum Gasteiger partial charge on any atom is 0.323 e. The molecule has 1 rings (SSSR count). The Balaban J connectivity index is 2.74. The molecule has 0 spiro atoms. The van der Waals surface area contributed by atoms with Crippen LogP contribution >= 0.6 is 27.5 Å². The first-order valence-corrected chi connectivity index (χ1v) is 6.84. The van der Waals surface area contributed by atoms with Crippen LogP contribution in [0.3, 0.4) is 0 Å². The van der Waals surface area contributed by atoms with Crippen LogP contribution in [0.5, 0.6) is 0 Å². The molecule has 1 aromatic rings. The lowest BCUT2D eigenvalue weighted by Crippen LogP contribution is -2.39. The molecular weight excluding hydrogens is 336 g/mol. The molecule has 104 valence electrons. The number of carbonyl (C=O) groups excluding carboxylic acids is 1. The lowest BCUT2D eigenvalue weighted by Gasteiger charge is -2.20. The molecule has 0 saturated heterocycles. The van der Waals surface area contributed by atoms with Crippen molar-refractivity contribution < 1.29 is 14.7 Å². The van der Waals surface area contributed by atoms with E-state index in [9.17, 15) is 9.59 Å². The molecule has 0 radical (unpaired) electrons. The van der Waals surface area contributed by atoms with Crippen LogP contribution in [0.25, 0.3) is 0 Å². The average Bonchev–Trinajstić information content (AvgIpc) is 2.33. The van der Waals surface area contributed by atoms with E-state index >= 15 is 0 Å². The minimum Gasteiger partial charge on any atom is -0.480 e. The maximum absolute atomic E-state index is 11.9. The molecule has 7 heteroatoms. The van der Waals surface area contributed by atoms with Gasteiger partial charge in [0.25, 0.3) is 0 Å². The molecule has 0 heterocycles. The molecule has 0 saturated carbocycles. The molecule has 2 amide bonds. The molecule has 0 bridgehead atoms. The quantitative estimate of drug-likeness (QED) is 0.855. The van der Waals surface area contributed by atoms with E-state index in [2.05, 4.69) is 21.2 Å². The van der Waals surface area contributed by atoms with Crippen molar-refractivity contribution in [3.63, 3.8) is 0 Å². The topological polar surface area (TPSA) is 69.6 Å². The Hall–Kier alpha value is -1.27. The van der Waals surface area contributed by atoms with Gasteiger partial charge in [-0.1, -0.05) is 18.5 Å². The van der Waals surface area contributed by atoms with Gasteiger partial charge in [0.15, 0.2) is 0 Å². The van der Waals surface area contributed by atoms with Crippen LogP contribution in [0, 0.1) is 0 Å². The van der Waals surface area contributed by atoms with E-state index < -0.39 is 12.0 Å². The van der Waals surface area contributed by atoms with Gasteiger partial charge in [-0.05, 0) is 40.5 Å². The summed E-state index contributed by atoms with van der Waals surface area (Å²) in [7, 11) is 0. The molecule has 0 aromatic heterocycles. The number of anilines is 1. The van der Waals surface area contributed by atoms with Gasteiger partial charge in [0, 0.05) is 16.7 Å². The minimum absolute atomic E-state index is 0.329. The van der Waals surface area contributed by atoms with Crippen molar-refractivity contribution in [1.82, 2.24) is 4.90 Å². The summed E-state index contributed by atoms with van der Waals surface area (Å²) in [5, 5.41) is 11.8. The molecule has 5 nitrogen and oxygen atoms in total. The van der Waals surface area contributed by atoms with Gasteiger partial charge in [-0.15, -0.1) is 0 Å². The van der Waals surface area contributed by atoms with E-state index in [1.54, 1.807) is 18.2 Å². The van der Waals surface area contributed by atoms with Gasteiger partial charge in [0.2, 0.25) is 0 Å². The first-order chi connectivity index (χ1) is 8.93. The van der Waals surface area contributed by atoms with Crippen LogP contribution in [0.4, 0.5) is 10.5 Å². The number of amides is 2. The van der Waals surface area contributed by atoms with Gasteiger partial charge in [0.05, 0.1) is 5.02 Å². The fraction of sp³-hybridized carbons (Fsp3) is 0.333. The number of benzene rings is 1. The zero-order chi connectivity index (χ0) is 14.4. The fourth-order valence-corrected chi connectivity index (χ4v) is 1.89. The molecule has 0 atom stereocenters. The Morgan fingerprint density at radius 2 is 2.16 bits per heavy atom. The number of carboxylic acid groups (broad SMARTS) is 1. The molecule has 0 aliphatic carbocycles. The van der Waals surface area contributed by atoms with E-state index in [1.165, 1.54) is 4.90 Å². The summed E-state index contributed by atoms with van der Waals surface area (Å²) in [6, 6.07) is 4.52. The first kappa shape index (κ1) is 15.8. The van der Waals surface area contributed by atoms with Crippen LogP contribution < -0.4 is 5.32 Å². The van der Waals surface area contributed by atoms with Crippen molar-refractivity contribution in [2.24, 2.45) is 0 Å². The molecule has 0 aliphatic rings. The summed E-state index contributed by atoms with van der Waals surface area (Å²) in [6.07, 6.45) is 0.682. The molecular formula is C12H14BrClN2O3. The molecule has 0 fully saturated rings. The van der Waals surface area contributed by atoms with Gasteiger partial charge >= 0.3 is 12.0 Å². The van der Waals surface area contributed by atoms with Gasteiger partial charge < -0.3 is 15.3 Å². The summed E-state index contributed by atoms with van der Waals surface area (Å²) in [5.41, 5.74) is 0.518. The Bertz CT molecular complexity index is 482. The number of nitrogens with one attached hydrogen (secondary N) is 1. The highest BCUT2D eigenvalue weighted by atomic mass is 79.9. The molecule has 0 aliphatic heterocycles. The predicted octanol–water partition coefficient (Wildman–Crippen LogP) is 3.43. The van der Waals surface area contributed by atoms with Crippen LogP contribution in [0.1, 0.15) is 13.3 Å². The number of hydrogen-bond acceptors (Lipinski definition) is 2. The number of carbonyl (C=O) groups is 2. The second-order valence-corrected chi connectivity index (χ2v) is 5.14. The Labute approximate surface area is 124 Å². The minimum atomic E-state index is -1.04. The number of carboxylic acids is 1. The van der Waals surface area contributed by atoms with E-state index in [0.717, 1.165) is 4.47 Å². The first-order valence-electron chi connectivity index (χ1n) is 5.66. The molecule has 2 N–H and O–H groups in total. The van der Waals surface area contributed by atoms with Crippen LogP contribution in [-0.2, 0) is 4.79 Å². The van der Waals surface area contributed by atoms with Crippen molar-refractivity contribution >= 4 is 45.2 Å². The van der Waals surface area contributed by atoms with Crippen molar-refractivity contribution in [3.8, 4) is 0 Å². The summed E-state index contributed by atoms with van der Waals surface area (Å²) in [4.78, 5) is 23.9. The third-order valence-corrected chi connectivity index (χ3v) is 3.51. The third kappa shape index (κ3) is 5.08. The number of halogens is 2. The number of hydrogen-bond donors (Lipinski definition) is 2. The van der Waals surface area contributed by atoms with Crippen molar-refractivity contribution in [1.29, 1.82) is 0 Å². The average molecular weight is 350 g/mol. The molecule has 19 heavy (non-hydrogen) atoms. The summed E-state index contributed by atoms with van der Waals surface area (Å²) >= 11 is 9.17. The lowest BCUT2D eigenvalue weighted by atomic mass is 10.3. The van der Waals surface area contributed by atoms with Crippen molar-refractivity contribution in [3.05, 3.63) is 27.7 Å². The largest absolute Gasteiger partial charge is 0.480 e. The van der Waals surface area contributed by atoms with E-state index in [0.29, 0.717) is 23.7 Å². The summed E-state index contributed by atoms with van der Waals surface area (Å²) < 4.78 is 0.725. The number of rotatable bonds is 5. The number of aliphatic carboxylic acids is 1. The fourth-order valence-electron chi connectivity index (χ4n) is 1.46. The summed E-state index contributed by atoms with van der Waals surface area (Å²) in [5.74, 6) is -1.04. The predicted molar refractivity (Wildman–Crippen MR) is 77.7 cm³/mol. The zero-order valence-electron chi connectivity index (χ0n) is 10.3. The highest BCUT2D eigenvalue weighted by Crippen LogP contribution is 2.25. The van der Waals surface area contributed by atoms with Crippen molar-refractivity contribution in [2.45, 2.75) is 13.3 Å². The van der Waals surface area contributed by atoms with Crippen molar-refractivity contribution in [2.75, 3.05) is 18.4 Å². The van der Waals surface area contributed by atoms with Crippen LogP contribution in [-0.4, -0.2) is 35.1 Å². The van der Waals surface area contributed by atoms with Gasteiger partial charge in [-0.2, -0.15) is 0 Å². The zero-order valence-corrected chi connectivity index (χ0v) is 12.7. The monoisotopic (exact) mass is 348 g/mol. The van der Waals surface area contributed by atoms with E-state index in [-0.39, 0.29) is 6.54 Å². The van der Waals surface area contributed by atoms with E-state index in [4.69, 9.17) is 16.7 Å². The molecule has 0 unspecified atom stereocenters. The van der Waals surface area contributed by atoms with E-state index in [1.807, 2.05) is 6.92 Å². The van der Waals surface area contributed by atoms with Gasteiger partial charge in [-0.25, -0.2) is 4.79 Å². The Kier molecular flexibility index (Phi) is 6.11. The smallest absolute Gasteiger partial charge is 0.323 e. The third-order valence-electron chi connectivity index (χ3n) is 2.28. The Morgan fingerprint density at radius 1 is 1.47 bits per heavy atom. The standard InChI is InChI=1S/C12H14BrClN2O3/c1-2-5-16(7-11(17)18)12(19)15-8-3-4-9(13)10(14)6-8/h3-4,6H,2,5,7H2,1H3,(H,15,19)(H,17,18). The van der Waals surface area contributed by atoms with Gasteiger partial charge in [-0.3, -0.25) is 4.79 Å². The maximum atomic E-state index is 11.9. The van der Waals surface area contributed by atoms with Gasteiger partial charge in [0.1, 0.15) is 6.54 Å². The highest BCUT2D eigenvalue weighted by molar-refractivity contribution is 9.10. The highest BCUT2D eigenvalue weighted by Gasteiger charge is 2.16. The van der Waals surface area contributed by atoms with Crippen LogP contribution in [0.15, 0.2) is 22.7 Å². The summed E-state index contributed by atoms with van der Waals surface area (Å²) in [6.45, 7) is 1.92.